The topological polar surface area (TPSA) is 54.4 Å². The van der Waals surface area contributed by atoms with Crippen molar-refractivity contribution in [3.05, 3.63) is 102 Å². The van der Waals surface area contributed by atoms with Crippen LogP contribution in [0, 0.1) is 0 Å². The SMILES string of the molecule is O=S(=O)(O)c1ccc(-c2ccc(Br)cc2)c(-c2ccc(-c3ccccc3)cc2)c1. The quantitative estimate of drug-likeness (QED) is 0.342. The molecule has 0 unspecified atom stereocenters. The van der Waals surface area contributed by atoms with Crippen LogP contribution in [-0.2, 0) is 10.1 Å². The van der Waals surface area contributed by atoms with Crippen LogP contribution in [0.2, 0.25) is 0 Å². The van der Waals surface area contributed by atoms with Crippen LogP contribution in [0.25, 0.3) is 33.4 Å². The summed E-state index contributed by atoms with van der Waals surface area (Å²) >= 11 is 3.44. The highest BCUT2D eigenvalue weighted by atomic mass is 79.9. The molecule has 0 heterocycles. The zero-order chi connectivity index (χ0) is 20.4. The first-order chi connectivity index (χ1) is 13.9. The minimum Gasteiger partial charge on any atom is -0.282 e. The number of rotatable bonds is 4. The van der Waals surface area contributed by atoms with E-state index in [4.69, 9.17) is 0 Å². The number of hydrogen-bond donors (Lipinski definition) is 1. The summed E-state index contributed by atoms with van der Waals surface area (Å²) in [6, 6.07) is 30.5. The zero-order valence-electron chi connectivity index (χ0n) is 15.3. The number of halogens is 1. The minimum atomic E-state index is -4.30. The van der Waals surface area contributed by atoms with Crippen molar-refractivity contribution in [2.75, 3.05) is 0 Å². The molecule has 0 saturated carbocycles. The summed E-state index contributed by atoms with van der Waals surface area (Å²) < 4.78 is 33.9. The van der Waals surface area contributed by atoms with Gasteiger partial charge >= 0.3 is 0 Å². The molecule has 0 atom stereocenters. The number of benzene rings is 4. The molecule has 1 N–H and O–H groups in total. The molecule has 5 heteroatoms. The van der Waals surface area contributed by atoms with E-state index in [1.807, 2.05) is 78.9 Å². The van der Waals surface area contributed by atoms with Gasteiger partial charge in [-0.15, -0.1) is 0 Å². The van der Waals surface area contributed by atoms with Crippen molar-refractivity contribution in [1.82, 2.24) is 0 Å². The van der Waals surface area contributed by atoms with Gasteiger partial charge in [0.1, 0.15) is 0 Å². The summed E-state index contributed by atoms with van der Waals surface area (Å²) in [5, 5.41) is 0. The van der Waals surface area contributed by atoms with E-state index in [2.05, 4.69) is 15.9 Å². The maximum atomic E-state index is 11.7. The first-order valence-corrected chi connectivity index (χ1v) is 11.2. The Morgan fingerprint density at radius 2 is 1.10 bits per heavy atom. The van der Waals surface area contributed by atoms with Crippen LogP contribution >= 0.6 is 15.9 Å². The highest BCUT2D eigenvalue weighted by molar-refractivity contribution is 9.10. The Bertz CT molecular complexity index is 1250. The van der Waals surface area contributed by atoms with Gasteiger partial charge in [0, 0.05) is 4.47 Å². The van der Waals surface area contributed by atoms with Gasteiger partial charge in [-0.25, -0.2) is 0 Å². The lowest BCUT2D eigenvalue weighted by molar-refractivity contribution is 0.483. The van der Waals surface area contributed by atoms with Gasteiger partial charge in [0.15, 0.2) is 0 Å². The van der Waals surface area contributed by atoms with Crippen molar-refractivity contribution in [2.45, 2.75) is 4.90 Å². The van der Waals surface area contributed by atoms with E-state index in [1.54, 1.807) is 6.07 Å². The molecule has 144 valence electrons. The highest BCUT2D eigenvalue weighted by Gasteiger charge is 2.15. The Hall–Kier alpha value is -2.73. The molecule has 0 radical (unpaired) electrons. The summed E-state index contributed by atoms with van der Waals surface area (Å²) in [5.74, 6) is 0. The van der Waals surface area contributed by atoms with Crippen molar-refractivity contribution < 1.29 is 13.0 Å². The van der Waals surface area contributed by atoms with Crippen LogP contribution in [0.15, 0.2) is 106 Å². The Morgan fingerprint density at radius 1 is 0.586 bits per heavy atom. The maximum absolute atomic E-state index is 11.7. The Morgan fingerprint density at radius 3 is 1.72 bits per heavy atom. The fourth-order valence-electron chi connectivity index (χ4n) is 3.28. The molecular formula is C24H17BrO3S. The van der Waals surface area contributed by atoms with E-state index in [1.165, 1.54) is 12.1 Å². The van der Waals surface area contributed by atoms with Crippen molar-refractivity contribution in [1.29, 1.82) is 0 Å². The lowest BCUT2D eigenvalue weighted by Gasteiger charge is -2.13. The molecule has 29 heavy (non-hydrogen) atoms. The van der Waals surface area contributed by atoms with Gasteiger partial charge in [-0.3, -0.25) is 4.55 Å². The van der Waals surface area contributed by atoms with Gasteiger partial charge in [0.2, 0.25) is 0 Å². The normalized spacial score (nSPS) is 11.4. The molecule has 4 aromatic rings. The molecule has 0 saturated heterocycles. The molecule has 0 fully saturated rings. The van der Waals surface area contributed by atoms with Gasteiger partial charge in [0.25, 0.3) is 10.1 Å². The molecule has 0 spiro atoms. The van der Waals surface area contributed by atoms with Crippen molar-refractivity contribution in [2.24, 2.45) is 0 Å². The van der Waals surface area contributed by atoms with Gasteiger partial charge in [-0.1, -0.05) is 88.7 Å². The molecule has 4 rings (SSSR count). The predicted molar refractivity (Wildman–Crippen MR) is 120 cm³/mol. The second-order valence-electron chi connectivity index (χ2n) is 6.63. The Kier molecular flexibility index (Phi) is 5.37. The smallest absolute Gasteiger partial charge is 0.282 e. The van der Waals surface area contributed by atoms with E-state index >= 15 is 0 Å². The fourth-order valence-corrected chi connectivity index (χ4v) is 4.05. The molecule has 4 aromatic carbocycles. The lowest BCUT2D eigenvalue weighted by atomic mass is 9.93. The van der Waals surface area contributed by atoms with Crippen molar-refractivity contribution in [3.8, 4) is 33.4 Å². The summed E-state index contributed by atoms with van der Waals surface area (Å²) in [6.07, 6.45) is 0. The average molecular weight is 465 g/mol. The Labute approximate surface area is 178 Å². The molecular weight excluding hydrogens is 448 g/mol. The standard InChI is InChI=1S/C24H17BrO3S/c25-21-12-10-19(11-13-21)23-15-14-22(29(26,27)28)16-24(23)20-8-6-18(7-9-20)17-4-2-1-3-5-17/h1-16H,(H,26,27,28). The molecule has 0 aliphatic heterocycles. The van der Waals surface area contributed by atoms with Crippen molar-refractivity contribution >= 4 is 26.0 Å². The van der Waals surface area contributed by atoms with Crippen molar-refractivity contribution in [3.63, 3.8) is 0 Å². The second-order valence-corrected chi connectivity index (χ2v) is 8.97. The minimum absolute atomic E-state index is 0.125. The molecule has 0 aliphatic rings. The molecule has 0 amide bonds. The first kappa shape index (κ1) is 19.6. The van der Waals surface area contributed by atoms with Gasteiger partial charge < -0.3 is 0 Å². The largest absolute Gasteiger partial charge is 0.294 e. The highest BCUT2D eigenvalue weighted by Crippen LogP contribution is 2.35. The average Bonchev–Trinajstić information content (AvgIpc) is 2.74. The van der Waals surface area contributed by atoms with Crippen LogP contribution in [-0.4, -0.2) is 13.0 Å². The molecule has 0 bridgehead atoms. The van der Waals surface area contributed by atoms with E-state index in [9.17, 15) is 13.0 Å². The predicted octanol–water partition coefficient (Wildman–Crippen LogP) is 6.70. The molecule has 0 aromatic heterocycles. The maximum Gasteiger partial charge on any atom is 0.294 e. The summed E-state index contributed by atoms with van der Waals surface area (Å²) in [5.41, 5.74) is 5.63. The third kappa shape index (κ3) is 4.32. The summed E-state index contributed by atoms with van der Waals surface area (Å²) in [4.78, 5) is -0.125. The van der Waals surface area contributed by atoms with Crippen LogP contribution < -0.4 is 0 Å². The first-order valence-electron chi connectivity index (χ1n) is 8.95. The Balaban J connectivity index is 1.85. The monoisotopic (exact) mass is 464 g/mol. The summed E-state index contributed by atoms with van der Waals surface area (Å²) in [7, 11) is -4.30. The van der Waals surface area contributed by atoms with Crippen LogP contribution in [0.3, 0.4) is 0 Å². The van der Waals surface area contributed by atoms with E-state index in [-0.39, 0.29) is 4.90 Å². The van der Waals surface area contributed by atoms with Crippen LogP contribution in [0.1, 0.15) is 0 Å². The lowest BCUT2D eigenvalue weighted by Crippen LogP contribution is -1.99. The molecule has 3 nitrogen and oxygen atoms in total. The van der Waals surface area contributed by atoms with Gasteiger partial charge in [-0.05, 0) is 57.6 Å². The van der Waals surface area contributed by atoms with Crippen LogP contribution in [0.5, 0.6) is 0 Å². The number of hydrogen-bond acceptors (Lipinski definition) is 2. The van der Waals surface area contributed by atoms with Gasteiger partial charge in [-0.2, -0.15) is 8.42 Å². The zero-order valence-corrected chi connectivity index (χ0v) is 17.7. The second kappa shape index (κ2) is 7.95. The van der Waals surface area contributed by atoms with E-state index in [0.717, 1.165) is 37.9 Å². The molecule has 0 aliphatic carbocycles. The third-order valence-corrected chi connectivity index (χ3v) is 6.13. The fraction of sp³-hybridized carbons (Fsp3) is 0. The van der Waals surface area contributed by atoms with E-state index < -0.39 is 10.1 Å². The van der Waals surface area contributed by atoms with Crippen LogP contribution in [0.4, 0.5) is 0 Å². The van der Waals surface area contributed by atoms with Gasteiger partial charge in [0.05, 0.1) is 4.90 Å². The summed E-state index contributed by atoms with van der Waals surface area (Å²) in [6.45, 7) is 0. The third-order valence-electron chi connectivity index (χ3n) is 4.75. The van der Waals surface area contributed by atoms with E-state index in [0.29, 0.717) is 0 Å².